The smallest absolute Gasteiger partial charge is 0.300 e. The summed E-state index contributed by atoms with van der Waals surface area (Å²) in [6, 6.07) is 4.24. The summed E-state index contributed by atoms with van der Waals surface area (Å²) >= 11 is 0. The monoisotopic (exact) mass is 444 g/mol. The molecule has 1 aromatic carbocycles. The molecule has 0 aliphatic heterocycles. The standard InChI is InChI=1S/C18H20N8O4S/c1-4-6-13-15-16(25(3)23-13)18(27)22-17(21-15)12-9-11(7-8-14(12)30-5-2)31(28,29)26-20-10-19-24-26/h7-10H,4-6H2,1-3H3,(H,21,22,27). The van der Waals surface area contributed by atoms with E-state index >= 15 is 0 Å². The van der Waals surface area contributed by atoms with Crippen LogP contribution in [0.15, 0.2) is 34.2 Å². The van der Waals surface area contributed by atoms with Gasteiger partial charge in [-0.05, 0) is 41.0 Å². The first-order valence-corrected chi connectivity index (χ1v) is 11.0. The third kappa shape index (κ3) is 3.56. The van der Waals surface area contributed by atoms with E-state index in [-0.39, 0.29) is 16.3 Å². The molecule has 4 rings (SSSR count). The summed E-state index contributed by atoms with van der Waals surface area (Å²) in [4.78, 5) is 20.0. The molecule has 0 spiro atoms. The summed E-state index contributed by atoms with van der Waals surface area (Å²) < 4.78 is 33.3. The topological polar surface area (TPSA) is 151 Å². The Bertz CT molecular complexity index is 1410. The first kappa shape index (κ1) is 20.7. The Labute approximate surface area is 176 Å². The van der Waals surface area contributed by atoms with E-state index in [2.05, 4.69) is 30.5 Å². The van der Waals surface area contributed by atoms with Crippen molar-refractivity contribution in [1.82, 2.24) is 39.4 Å². The van der Waals surface area contributed by atoms with Gasteiger partial charge in [-0.25, -0.2) is 4.98 Å². The number of aryl methyl sites for hydroxylation is 2. The number of hydrogen-bond acceptors (Lipinski definition) is 9. The molecule has 0 atom stereocenters. The molecule has 4 aromatic rings. The minimum Gasteiger partial charge on any atom is -0.493 e. The van der Waals surface area contributed by atoms with Crippen LogP contribution >= 0.6 is 0 Å². The lowest BCUT2D eigenvalue weighted by atomic mass is 10.1. The lowest BCUT2D eigenvalue weighted by molar-refractivity contribution is 0.341. The second-order valence-corrected chi connectivity index (χ2v) is 8.43. The third-order valence-electron chi connectivity index (χ3n) is 4.60. The number of rotatable bonds is 7. The number of nitrogens with zero attached hydrogens (tertiary/aromatic N) is 7. The third-order valence-corrected chi connectivity index (χ3v) is 6.05. The molecular formula is C18H20N8O4S. The molecule has 0 amide bonds. The molecule has 0 saturated carbocycles. The Kier molecular flexibility index (Phi) is 5.27. The van der Waals surface area contributed by atoms with Crippen LogP contribution in [0.2, 0.25) is 0 Å². The Morgan fingerprint density at radius 3 is 2.71 bits per heavy atom. The number of tetrazole rings is 1. The van der Waals surface area contributed by atoms with Crippen molar-refractivity contribution < 1.29 is 13.2 Å². The molecule has 3 aromatic heterocycles. The number of aromatic nitrogens is 8. The summed E-state index contributed by atoms with van der Waals surface area (Å²) in [5.74, 6) is 0.548. The van der Waals surface area contributed by atoms with Crippen LogP contribution in [-0.2, 0) is 23.5 Å². The van der Waals surface area contributed by atoms with E-state index in [0.29, 0.717) is 45.3 Å². The summed E-state index contributed by atoms with van der Waals surface area (Å²) in [6.45, 7) is 4.14. The maximum absolute atomic E-state index is 12.8. The highest BCUT2D eigenvalue weighted by Gasteiger charge is 2.23. The maximum atomic E-state index is 12.8. The van der Waals surface area contributed by atoms with Crippen LogP contribution in [0.25, 0.3) is 22.4 Å². The Hall–Kier alpha value is -3.61. The zero-order chi connectivity index (χ0) is 22.2. The fraction of sp³-hybridized carbons (Fsp3) is 0.333. The minimum atomic E-state index is -4.08. The minimum absolute atomic E-state index is 0.105. The van der Waals surface area contributed by atoms with E-state index in [4.69, 9.17) is 4.74 Å². The molecule has 1 N–H and O–H groups in total. The van der Waals surface area contributed by atoms with Gasteiger partial charge in [-0.2, -0.15) is 13.5 Å². The van der Waals surface area contributed by atoms with Crippen LogP contribution in [0.3, 0.4) is 0 Å². The number of aromatic amines is 1. The fourth-order valence-electron chi connectivity index (χ4n) is 3.28. The van der Waals surface area contributed by atoms with Crippen LogP contribution in [0, 0.1) is 0 Å². The predicted octanol–water partition coefficient (Wildman–Crippen LogP) is 0.898. The van der Waals surface area contributed by atoms with Gasteiger partial charge in [-0.1, -0.05) is 13.3 Å². The molecule has 0 aliphatic rings. The molecule has 12 nitrogen and oxygen atoms in total. The second kappa shape index (κ2) is 7.91. The zero-order valence-electron chi connectivity index (χ0n) is 17.1. The van der Waals surface area contributed by atoms with Crippen molar-refractivity contribution in [3.8, 4) is 17.1 Å². The summed E-state index contributed by atoms with van der Waals surface area (Å²) in [5.41, 5.74) is 1.44. The molecule has 0 saturated heterocycles. The van der Waals surface area contributed by atoms with Gasteiger partial charge in [0.1, 0.15) is 17.1 Å². The zero-order valence-corrected chi connectivity index (χ0v) is 17.9. The highest BCUT2D eigenvalue weighted by Crippen LogP contribution is 2.31. The molecular weight excluding hydrogens is 424 g/mol. The molecule has 31 heavy (non-hydrogen) atoms. The van der Waals surface area contributed by atoms with Crippen LogP contribution < -0.4 is 10.3 Å². The van der Waals surface area contributed by atoms with Gasteiger partial charge in [0.15, 0.2) is 11.8 Å². The molecule has 3 heterocycles. The van der Waals surface area contributed by atoms with Gasteiger partial charge in [-0.3, -0.25) is 9.48 Å². The van der Waals surface area contributed by atoms with Crippen LogP contribution in [-0.4, -0.2) is 54.4 Å². The van der Waals surface area contributed by atoms with Crippen molar-refractivity contribution in [3.63, 3.8) is 0 Å². The van der Waals surface area contributed by atoms with E-state index in [1.54, 1.807) is 14.0 Å². The Morgan fingerprint density at radius 1 is 1.23 bits per heavy atom. The highest BCUT2D eigenvalue weighted by molar-refractivity contribution is 7.89. The predicted molar refractivity (Wildman–Crippen MR) is 110 cm³/mol. The molecule has 0 aliphatic carbocycles. The largest absolute Gasteiger partial charge is 0.493 e. The van der Waals surface area contributed by atoms with Gasteiger partial charge >= 0.3 is 10.0 Å². The number of benzene rings is 1. The summed E-state index contributed by atoms with van der Waals surface area (Å²) in [7, 11) is -2.40. The molecule has 13 heteroatoms. The van der Waals surface area contributed by atoms with E-state index < -0.39 is 10.0 Å². The second-order valence-electron chi connectivity index (χ2n) is 6.69. The van der Waals surface area contributed by atoms with Crippen LogP contribution in [0.4, 0.5) is 0 Å². The van der Waals surface area contributed by atoms with E-state index in [0.717, 1.165) is 12.7 Å². The van der Waals surface area contributed by atoms with Crippen LogP contribution in [0.5, 0.6) is 5.75 Å². The van der Waals surface area contributed by atoms with Gasteiger partial charge in [0.2, 0.25) is 0 Å². The van der Waals surface area contributed by atoms with Gasteiger partial charge in [-0.15, -0.1) is 10.2 Å². The molecule has 0 unspecified atom stereocenters. The number of H-pyrrole nitrogens is 1. The number of fused-ring (bicyclic) bond motifs is 1. The van der Waals surface area contributed by atoms with Crippen molar-refractivity contribution in [3.05, 3.63) is 40.6 Å². The lowest BCUT2D eigenvalue weighted by Crippen LogP contribution is -2.17. The van der Waals surface area contributed by atoms with Crippen molar-refractivity contribution in [2.24, 2.45) is 7.05 Å². The van der Waals surface area contributed by atoms with Crippen molar-refractivity contribution in [2.75, 3.05) is 6.61 Å². The van der Waals surface area contributed by atoms with Crippen molar-refractivity contribution >= 4 is 21.1 Å². The van der Waals surface area contributed by atoms with Crippen LogP contribution in [0.1, 0.15) is 26.0 Å². The maximum Gasteiger partial charge on any atom is 0.300 e. The number of ether oxygens (including phenoxy) is 1. The number of hydrogen-bond donors (Lipinski definition) is 1. The quantitative estimate of drug-likeness (QED) is 0.438. The summed E-state index contributed by atoms with van der Waals surface area (Å²) in [6.07, 6.45) is 2.51. The highest BCUT2D eigenvalue weighted by atomic mass is 32.2. The SMILES string of the molecule is CCCc1nn(C)c2c(=O)[nH]c(-c3cc(S(=O)(=O)n4ncnn4)ccc3OCC)nc12. The molecule has 0 radical (unpaired) electrons. The molecule has 0 bridgehead atoms. The first-order valence-electron chi connectivity index (χ1n) is 9.58. The number of nitrogens with one attached hydrogen (secondary N) is 1. The lowest BCUT2D eigenvalue weighted by Gasteiger charge is -2.12. The normalized spacial score (nSPS) is 11.8. The summed E-state index contributed by atoms with van der Waals surface area (Å²) in [5, 5.41) is 14.9. The average molecular weight is 444 g/mol. The fourth-order valence-corrected chi connectivity index (χ4v) is 4.28. The van der Waals surface area contributed by atoms with Crippen molar-refractivity contribution in [2.45, 2.75) is 31.6 Å². The van der Waals surface area contributed by atoms with Crippen molar-refractivity contribution in [1.29, 1.82) is 0 Å². The van der Waals surface area contributed by atoms with Gasteiger partial charge in [0.05, 0.1) is 22.8 Å². The Balaban J connectivity index is 1.95. The molecule has 162 valence electrons. The van der Waals surface area contributed by atoms with Gasteiger partial charge in [0.25, 0.3) is 5.56 Å². The van der Waals surface area contributed by atoms with E-state index in [1.165, 1.54) is 22.9 Å². The van der Waals surface area contributed by atoms with E-state index in [9.17, 15) is 13.2 Å². The molecule has 0 fully saturated rings. The Morgan fingerprint density at radius 2 is 2.03 bits per heavy atom. The van der Waals surface area contributed by atoms with Gasteiger partial charge < -0.3 is 9.72 Å². The van der Waals surface area contributed by atoms with Gasteiger partial charge in [0, 0.05) is 7.05 Å². The first-order chi connectivity index (χ1) is 14.9. The average Bonchev–Trinajstić information content (AvgIpc) is 3.38. The van der Waals surface area contributed by atoms with E-state index in [1.807, 2.05) is 6.92 Å².